The van der Waals surface area contributed by atoms with Gasteiger partial charge in [0.2, 0.25) is 5.91 Å². The zero-order valence-corrected chi connectivity index (χ0v) is 12.3. The van der Waals surface area contributed by atoms with Gasteiger partial charge in [-0.25, -0.2) is 0 Å². The molecule has 3 N–H and O–H groups in total. The molecule has 0 aromatic carbocycles. The minimum atomic E-state index is -0.601. The molecule has 7 heteroatoms. The lowest BCUT2D eigenvalue weighted by molar-refractivity contribution is -0.136. The van der Waals surface area contributed by atoms with Gasteiger partial charge in [-0.15, -0.1) is 0 Å². The quantitative estimate of drug-likeness (QED) is 0.814. The Balaban J connectivity index is 2.01. The molecule has 1 fully saturated rings. The van der Waals surface area contributed by atoms with E-state index in [9.17, 15) is 9.59 Å². The van der Waals surface area contributed by atoms with E-state index in [-0.39, 0.29) is 11.8 Å². The standard InChI is InChI=1S/C14H20N4O3/c1-9-12(7-11(15)8-16-9)13(19)17-10(2)14(20)18-3-5-21-6-4-18/h7-8,10H,3-6,15H2,1-2H3,(H,17,19). The Morgan fingerprint density at radius 1 is 1.43 bits per heavy atom. The Kier molecular flexibility index (Phi) is 4.74. The van der Waals surface area contributed by atoms with E-state index in [1.165, 1.54) is 6.20 Å². The predicted molar refractivity (Wildman–Crippen MR) is 77.7 cm³/mol. The number of rotatable bonds is 3. The van der Waals surface area contributed by atoms with Crippen molar-refractivity contribution in [3.05, 3.63) is 23.5 Å². The Morgan fingerprint density at radius 2 is 2.10 bits per heavy atom. The molecule has 0 radical (unpaired) electrons. The maximum absolute atomic E-state index is 12.2. The summed E-state index contributed by atoms with van der Waals surface area (Å²) in [6.45, 7) is 5.57. The fourth-order valence-electron chi connectivity index (χ4n) is 2.17. The summed E-state index contributed by atoms with van der Waals surface area (Å²) in [4.78, 5) is 30.2. The van der Waals surface area contributed by atoms with Crippen molar-refractivity contribution in [2.24, 2.45) is 0 Å². The molecule has 21 heavy (non-hydrogen) atoms. The highest BCUT2D eigenvalue weighted by Gasteiger charge is 2.24. The molecule has 114 valence electrons. The van der Waals surface area contributed by atoms with Crippen molar-refractivity contribution < 1.29 is 14.3 Å². The average Bonchev–Trinajstić information content (AvgIpc) is 2.49. The lowest BCUT2D eigenvalue weighted by Gasteiger charge is -2.29. The Labute approximate surface area is 123 Å². The highest BCUT2D eigenvalue weighted by atomic mass is 16.5. The van der Waals surface area contributed by atoms with Gasteiger partial charge in [0.05, 0.1) is 36.4 Å². The van der Waals surface area contributed by atoms with Gasteiger partial charge in [0.15, 0.2) is 0 Å². The SMILES string of the molecule is Cc1ncc(N)cc1C(=O)NC(C)C(=O)N1CCOCC1. The fourth-order valence-corrected chi connectivity index (χ4v) is 2.17. The third kappa shape index (κ3) is 3.69. The van der Waals surface area contributed by atoms with Crippen LogP contribution in [0.5, 0.6) is 0 Å². The van der Waals surface area contributed by atoms with E-state index in [2.05, 4.69) is 10.3 Å². The summed E-state index contributed by atoms with van der Waals surface area (Å²) in [7, 11) is 0. The second kappa shape index (κ2) is 6.53. The second-order valence-corrected chi connectivity index (χ2v) is 5.03. The van der Waals surface area contributed by atoms with Crippen LogP contribution < -0.4 is 11.1 Å². The number of carbonyl (C=O) groups is 2. The normalized spacial score (nSPS) is 16.4. The van der Waals surface area contributed by atoms with E-state index in [1.54, 1.807) is 24.8 Å². The Morgan fingerprint density at radius 3 is 2.76 bits per heavy atom. The number of carbonyl (C=O) groups excluding carboxylic acids is 2. The van der Waals surface area contributed by atoms with Crippen molar-refractivity contribution >= 4 is 17.5 Å². The third-order valence-electron chi connectivity index (χ3n) is 3.39. The number of ether oxygens (including phenoxy) is 1. The molecule has 1 aromatic heterocycles. The van der Waals surface area contributed by atoms with E-state index in [1.807, 2.05) is 0 Å². The van der Waals surface area contributed by atoms with Crippen molar-refractivity contribution in [1.29, 1.82) is 0 Å². The molecular formula is C14H20N4O3. The molecule has 1 saturated heterocycles. The first-order valence-electron chi connectivity index (χ1n) is 6.88. The molecule has 1 aliphatic rings. The van der Waals surface area contributed by atoms with Crippen molar-refractivity contribution in [2.45, 2.75) is 19.9 Å². The predicted octanol–water partition coefficient (Wildman–Crippen LogP) is -0.0507. The molecule has 1 aliphatic heterocycles. The van der Waals surface area contributed by atoms with E-state index >= 15 is 0 Å². The maximum Gasteiger partial charge on any atom is 0.253 e. The minimum absolute atomic E-state index is 0.110. The highest BCUT2D eigenvalue weighted by molar-refractivity contribution is 5.98. The zero-order chi connectivity index (χ0) is 15.4. The monoisotopic (exact) mass is 292 g/mol. The van der Waals surface area contributed by atoms with Gasteiger partial charge in [-0.3, -0.25) is 14.6 Å². The summed E-state index contributed by atoms with van der Waals surface area (Å²) in [5, 5.41) is 2.69. The van der Waals surface area contributed by atoms with Crippen LogP contribution in [0.2, 0.25) is 0 Å². The first kappa shape index (κ1) is 15.2. The van der Waals surface area contributed by atoms with Crippen molar-refractivity contribution in [2.75, 3.05) is 32.0 Å². The van der Waals surface area contributed by atoms with Gasteiger partial charge >= 0.3 is 0 Å². The Bertz CT molecular complexity index is 541. The summed E-state index contributed by atoms with van der Waals surface area (Å²) in [6, 6.07) is 0.959. The van der Waals surface area contributed by atoms with E-state index in [0.29, 0.717) is 43.2 Å². The molecule has 2 rings (SSSR count). The number of anilines is 1. The van der Waals surface area contributed by atoms with Gasteiger partial charge in [-0.05, 0) is 19.9 Å². The van der Waals surface area contributed by atoms with Crippen molar-refractivity contribution in [3.63, 3.8) is 0 Å². The van der Waals surface area contributed by atoms with Crippen LogP contribution in [-0.2, 0) is 9.53 Å². The van der Waals surface area contributed by atoms with Crippen LogP contribution in [0.3, 0.4) is 0 Å². The van der Waals surface area contributed by atoms with Gasteiger partial charge in [0.25, 0.3) is 5.91 Å². The molecule has 0 saturated carbocycles. The number of amides is 2. The summed E-state index contributed by atoms with van der Waals surface area (Å²) < 4.78 is 5.21. The van der Waals surface area contributed by atoms with Crippen LogP contribution in [0.25, 0.3) is 0 Å². The maximum atomic E-state index is 12.2. The molecule has 0 bridgehead atoms. The molecule has 1 atom stereocenters. The van der Waals surface area contributed by atoms with Crippen molar-refractivity contribution in [1.82, 2.24) is 15.2 Å². The van der Waals surface area contributed by atoms with E-state index in [0.717, 1.165) is 0 Å². The van der Waals surface area contributed by atoms with Gasteiger partial charge in [-0.1, -0.05) is 0 Å². The molecule has 1 aromatic rings. The van der Waals surface area contributed by atoms with Crippen LogP contribution in [0.15, 0.2) is 12.3 Å². The van der Waals surface area contributed by atoms with Gasteiger partial charge in [-0.2, -0.15) is 0 Å². The first-order chi connectivity index (χ1) is 9.99. The van der Waals surface area contributed by atoms with Crippen LogP contribution in [0.1, 0.15) is 23.0 Å². The average molecular weight is 292 g/mol. The highest BCUT2D eigenvalue weighted by Crippen LogP contribution is 2.10. The van der Waals surface area contributed by atoms with E-state index < -0.39 is 6.04 Å². The molecule has 0 spiro atoms. The molecule has 1 unspecified atom stereocenters. The van der Waals surface area contributed by atoms with Gasteiger partial charge < -0.3 is 20.7 Å². The summed E-state index contributed by atoms with van der Waals surface area (Å²) in [5.41, 5.74) is 7.02. The first-order valence-corrected chi connectivity index (χ1v) is 6.88. The third-order valence-corrected chi connectivity index (χ3v) is 3.39. The van der Waals surface area contributed by atoms with Crippen LogP contribution in [0.4, 0.5) is 5.69 Å². The summed E-state index contributed by atoms with van der Waals surface area (Å²) in [6.07, 6.45) is 1.49. The topological polar surface area (TPSA) is 97.5 Å². The van der Waals surface area contributed by atoms with Gasteiger partial charge in [0.1, 0.15) is 6.04 Å². The lowest BCUT2D eigenvalue weighted by atomic mass is 10.1. The number of nitrogen functional groups attached to an aromatic ring is 1. The molecule has 2 heterocycles. The number of pyridine rings is 1. The number of hydrogen-bond donors (Lipinski definition) is 2. The number of aryl methyl sites for hydroxylation is 1. The number of nitrogens with one attached hydrogen (secondary N) is 1. The zero-order valence-electron chi connectivity index (χ0n) is 12.3. The number of hydrogen-bond acceptors (Lipinski definition) is 5. The minimum Gasteiger partial charge on any atom is -0.397 e. The number of aromatic nitrogens is 1. The summed E-state index contributed by atoms with van der Waals surface area (Å²) in [5.74, 6) is -0.456. The smallest absolute Gasteiger partial charge is 0.253 e. The van der Waals surface area contributed by atoms with Gasteiger partial charge in [0, 0.05) is 13.1 Å². The Hall–Kier alpha value is -2.15. The van der Waals surface area contributed by atoms with Crippen molar-refractivity contribution in [3.8, 4) is 0 Å². The van der Waals surface area contributed by atoms with Crippen LogP contribution >= 0.6 is 0 Å². The molecular weight excluding hydrogens is 272 g/mol. The molecule has 0 aliphatic carbocycles. The van der Waals surface area contributed by atoms with Crippen LogP contribution in [0, 0.1) is 6.92 Å². The van der Waals surface area contributed by atoms with E-state index in [4.69, 9.17) is 10.5 Å². The van der Waals surface area contributed by atoms with Crippen LogP contribution in [-0.4, -0.2) is 54.0 Å². The molecule has 7 nitrogen and oxygen atoms in total. The molecule has 2 amide bonds. The second-order valence-electron chi connectivity index (χ2n) is 5.03. The largest absolute Gasteiger partial charge is 0.397 e. The fraction of sp³-hybridized carbons (Fsp3) is 0.500. The summed E-state index contributed by atoms with van der Waals surface area (Å²) >= 11 is 0. The number of nitrogens with zero attached hydrogens (tertiary/aromatic N) is 2. The lowest BCUT2D eigenvalue weighted by Crippen LogP contribution is -2.50. The number of nitrogens with two attached hydrogens (primary N) is 1. The number of morpholine rings is 1.